The summed E-state index contributed by atoms with van der Waals surface area (Å²) < 4.78 is 0. The van der Waals surface area contributed by atoms with Crippen molar-refractivity contribution in [2.24, 2.45) is 5.10 Å². The number of rotatable bonds is 1. The summed E-state index contributed by atoms with van der Waals surface area (Å²) in [7, 11) is 0. The summed E-state index contributed by atoms with van der Waals surface area (Å²) in [5.74, 6) is -0.0775. The van der Waals surface area contributed by atoms with Gasteiger partial charge in [0.1, 0.15) is 0 Å². The first kappa shape index (κ1) is 8.94. The molecule has 1 aliphatic rings. The van der Waals surface area contributed by atoms with E-state index >= 15 is 0 Å². The average Bonchev–Trinajstić information content (AvgIpc) is 2.47. The van der Waals surface area contributed by atoms with E-state index in [1.807, 2.05) is 38.1 Å². The molecule has 1 aromatic carbocycles. The lowest BCUT2D eigenvalue weighted by Gasteiger charge is -2.11. The van der Waals surface area contributed by atoms with Crippen molar-refractivity contribution in [1.29, 1.82) is 0 Å². The van der Waals surface area contributed by atoms with Gasteiger partial charge in [-0.3, -0.25) is 4.79 Å². The number of carbonyl (C=O) groups excluding carboxylic acids is 1. The maximum atomic E-state index is 11.4. The predicted molar refractivity (Wildman–Crippen MR) is 56.1 cm³/mol. The Morgan fingerprint density at radius 3 is 2.29 bits per heavy atom. The van der Waals surface area contributed by atoms with Gasteiger partial charge in [0.05, 0.1) is 12.1 Å². The largest absolute Gasteiger partial charge is 0.272 e. The van der Waals surface area contributed by atoms with Crippen LogP contribution >= 0.6 is 0 Å². The first-order valence-corrected chi connectivity index (χ1v) is 4.47. The zero-order valence-electron chi connectivity index (χ0n) is 8.19. The number of carbonyl (C=O) groups is 1. The molecule has 3 heteroatoms. The molecule has 0 saturated heterocycles. The van der Waals surface area contributed by atoms with Gasteiger partial charge in [-0.15, -0.1) is 0 Å². The number of hydrazone groups is 1. The fourth-order valence-corrected chi connectivity index (χ4v) is 1.35. The molecule has 0 saturated carbocycles. The topological polar surface area (TPSA) is 32.7 Å². The Morgan fingerprint density at radius 1 is 1.14 bits per heavy atom. The first-order chi connectivity index (χ1) is 6.66. The van der Waals surface area contributed by atoms with Gasteiger partial charge in [-0.1, -0.05) is 17.7 Å². The molecule has 0 aliphatic carbocycles. The van der Waals surface area contributed by atoms with Crippen molar-refractivity contribution >= 4 is 17.3 Å². The quantitative estimate of drug-likeness (QED) is 0.661. The fourth-order valence-electron chi connectivity index (χ4n) is 1.35. The van der Waals surface area contributed by atoms with E-state index in [9.17, 15) is 4.79 Å². The van der Waals surface area contributed by atoms with Gasteiger partial charge in [-0.25, -0.2) is 5.01 Å². The molecule has 3 nitrogen and oxygen atoms in total. The molecule has 1 amide bonds. The fraction of sp³-hybridized carbons (Fsp3) is 0.182. The second-order valence-corrected chi connectivity index (χ2v) is 3.37. The SMILES string of the molecule is CC1=NN(c2ccc(C)cc2)C(=O)[CH]1. The minimum atomic E-state index is -0.0775. The molecule has 1 aliphatic heterocycles. The molecular formula is C11H11N2O. The van der Waals surface area contributed by atoms with E-state index in [1.54, 1.807) is 0 Å². The van der Waals surface area contributed by atoms with Crippen molar-refractivity contribution in [2.75, 3.05) is 5.01 Å². The summed E-state index contributed by atoms with van der Waals surface area (Å²) in [6.07, 6.45) is 1.53. The summed E-state index contributed by atoms with van der Waals surface area (Å²) >= 11 is 0. The van der Waals surface area contributed by atoms with Crippen molar-refractivity contribution in [3.8, 4) is 0 Å². The van der Waals surface area contributed by atoms with Crippen molar-refractivity contribution < 1.29 is 4.79 Å². The van der Waals surface area contributed by atoms with Gasteiger partial charge in [0.25, 0.3) is 5.91 Å². The molecule has 14 heavy (non-hydrogen) atoms. The maximum Gasteiger partial charge on any atom is 0.257 e. The van der Waals surface area contributed by atoms with E-state index in [2.05, 4.69) is 5.10 Å². The highest BCUT2D eigenvalue weighted by atomic mass is 16.2. The number of amides is 1. The van der Waals surface area contributed by atoms with Crippen LogP contribution in [0, 0.1) is 13.3 Å². The highest BCUT2D eigenvalue weighted by Gasteiger charge is 2.22. The van der Waals surface area contributed by atoms with E-state index in [4.69, 9.17) is 0 Å². The van der Waals surface area contributed by atoms with Gasteiger partial charge < -0.3 is 0 Å². The Hall–Kier alpha value is -1.64. The van der Waals surface area contributed by atoms with Crippen LogP contribution in [-0.2, 0) is 4.79 Å². The van der Waals surface area contributed by atoms with Gasteiger partial charge in [-0.2, -0.15) is 5.10 Å². The Labute approximate surface area is 83.0 Å². The summed E-state index contributed by atoms with van der Waals surface area (Å²) in [6, 6.07) is 7.71. The number of nitrogens with zero attached hydrogens (tertiary/aromatic N) is 2. The van der Waals surface area contributed by atoms with Crippen LogP contribution in [-0.4, -0.2) is 11.6 Å². The van der Waals surface area contributed by atoms with Gasteiger partial charge in [-0.05, 0) is 26.0 Å². The van der Waals surface area contributed by atoms with Gasteiger partial charge in [0.2, 0.25) is 0 Å². The third kappa shape index (κ3) is 1.53. The lowest BCUT2D eigenvalue weighted by Crippen LogP contribution is -2.19. The Kier molecular flexibility index (Phi) is 2.08. The van der Waals surface area contributed by atoms with Crippen molar-refractivity contribution in [1.82, 2.24) is 0 Å². The van der Waals surface area contributed by atoms with E-state index < -0.39 is 0 Å². The third-order valence-electron chi connectivity index (χ3n) is 2.08. The van der Waals surface area contributed by atoms with Crippen LogP contribution in [0.1, 0.15) is 12.5 Å². The van der Waals surface area contributed by atoms with Crippen LogP contribution in [0.15, 0.2) is 29.4 Å². The van der Waals surface area contributed by atoms with Crippen molar-refractivity contribution in [3.05, 3.63) is 36.2 Å². The molecule has 0 N–H and O–H groups in total. The maximum absolute atomic E-state index is 11.4. The molecule has 0 fully saturated rings. The molecule has 0 unspecified atom stereocenters. The van der Waals surface area contributed by atoms with Gasteiger partial charge in [0, 0.05) is 5.71 Å². The number of hydrogen-bond donors (Lipinski definition) is 0. The highest BCUT2D eigenvalue weighted by Crippen LogP contribution is 2.19. The molecule has 0 atom stereocenters. The zero-order valence-corrected chi connectivity index (χ0v) is 8.19. The Bertz CT molecular complexity index is 392. The minimum Gasteiger partial charge on any atom is -0.272 e. The summed E-state index contributed by atoms with van der Waals surface area (Å²) in [6.45, 7) is 3.82. The second kappa shape index (κ2) is 3.25. The molecule has 1 radical (unpaired) electrons. The number of aryl methyl sites for hydroxylation is 1. The molecule has 0 aromatic heterocycles. The lowest BCUT2D eigenvalue weighted by atomic mass is 10.2. The Morgan fingerprint density at radius 2 is 1.79 bits per heavy atom. The molecule has 1 heterocycles. The minimum absolute atomic E-state index is 0.0775. The number of benzene rings is 1. The smallest absolute Gasteiger partial charge is 0.257 e. The summed E-state index contributed by atoms with van der Waals surface area (Å²) in [4.78, 5) is 11.4. The van der Waals surface area contributed by atoms with E-state index in [-0.39, 0.29) is 5.91 Å². The van der Waals surface area contributed by atoms with E-state index in [1.165, 1.54) is 17.0 Å². The first-order valence-electron chi connectivity index (χ1n) is 4.47. The zero-order chi connectivity index (χ0) is 10.1. The molecule has 0 spiro atoms. The number of hydrogen-bond acceptors (Lipinski definition) is 2. The molecule has 1 aromatic rings. The van der Waals surface area contributed by atoms with E-state index in [0.717, 1.165) is 11.4 Å². The van der Waals surface area contributed by atoms with Gasteiger partial charge >= 0.3 is 0 Å². The van der Waals surface area contributed by atoms with Crippen LogP contribution in [0.4, 0.5) is 5.69 Å². The summed E-state index contributed by atoms with van der Waals surface area (Å²) in [5.41, 5.74) is 2.73. The summed E-state index contributed by atoms with van der Waals surface area (Å²) in [5, 5.41) is 5.53. The van der Waals surface area contributed by atoms with E-state index in [0.29, 0.717) is 0 Å². The van der Waals surface area contributed by atoms with Crippen LogP contribution in [0.3, 0.4) is 0 Å². The lowest BCUT2D eigenvalue weighted by molar-refractivity contribution is -0.114. The average molecular weight is 187 g/mol. The van der Waals surface area contributed by atoms with Crippen LogP contribution in [0.25, 0.3) is 0 Å². The monoisotopic (exact) mass is 187 g/mol. The third-order valence-corrected chi connectivity index (χ3v) is 2.08. The van der Waals surface area contributed by atoms with Crippen molar-refractivity contribution in [2.45, 2.75) is 13.8 Å². The Balaban J connectivity index is 2.32. The van der Waals surface area contributed by atoms with Crippen LogP contribution < -0.4 is 5.01 Å². The highest BCUT2D eigenvalue weighted by molar-refractivity contribution is 6.21. The number of anilines is 1. The van der Waals surface area contributed by atoms with Crippen molar-refractivity contribution in [3.63, 3.8) is 0 Å². The molecular weight excluding hydrogens is 176 g/mol. The molecule has 71 valence electrons. The molecule has 0 bridgehead atoms. The molecule has 2 rings (SSSR count). The normalized spacial score (nSPS) is 16.0. The van der Waals surface area contributed by atoms with Crippen LogP contribution in [0.5, 0.6) is 0 Å². The predicted octanol–water partition coefficient (Wildman–Crippen LogP) is 1.92. The van der Waals surface area contributed by atoms with Crippen LogP contribution in [0.2, 0.25) is 0 Å². The standard InChI is InChI=1S/C11H11N2O/c1-8-3-5-10(6-4-8)13-11(14)7-9(2)12-13/h3-7H,1-2H3. The second-order valence-electron chi connectivity index (χ2n) is 3.37. The van der Waals surface area contributed by atoms with Gasteiger partial charge in [0.15, 0.2) is 0 Å².